The number of aliphatic hydroxyl groups excluding tert-OH is 3. The SMILES string of the molecule is O=C(O)CCC(=O)O.O=C1C2CC(O)C(O)CC2C(=O)N1CC(O)CN1CCN(c2cc(F)ccc2OC2CCCC2)CC1. The van der Waals surface area contributed by atoms with Crippen LogP contribution in [-0.2, 0) is 19.2 Å². The molecular weight excluding hydrogens is 581 g/mol. The maximum atomic E-state index is 14.1. The molecule has 5 unspecified atom stereocenters. The Morgan fingerprint density at radius 1 is 0.886 bits per heavy atom. The fraction of sp³-hybridized carbons (Fsp3) is 0.667. The molecule has 5 rings (SSSR count). The number of rotatable bonds is 10. The lowest BCUT2D eigenvalue weighted by atomic mass is 9.78. The van der Waals surface area contributed by atoms with Gasteiger partial charge in [0.1, 0.15) is 11.6 Å². The van der Waals surface area contributed by atoms with Crippen molar-refractivity contribution in [1.29, 1.82) is 0 Å². The first-order valence-corrected chi connectivity index (χ1v) is 15.2. The van der Waals surface area contributed by atoms with Gasteiger partial charge in [0, 0.05) is 38.8 Å². The largest absolute Gasteiger partial charge is 0.488 e. The monoisotopic (exact) mass is 623 g/mol. The number of fused-ring (bicyclic) bond motifs is 1. The third kappa shape index (κ3) is 8.65. The highest BCUT2D eigenvalue weighted by molar-refractivity contribution is 6.05. The van der Waals surface area contributed by atoms with E-state index in [0.29, 0.717) is 38.5 Å². The van der Waals surface area contributed by atoms with Crippen molar-refractivity contribution in [1.82, 2.24) is 9.80 Å². The number of amides is 2. The van der Waals surface area contributed by atoms with Crippen molar-refractivity contribution in [2.24, 2.45) is 11.8 Å². The number of carbonyl (C=O) groups excluding carboxylic acids is 2. The first-order chi connectivity index (χ1) is 20.9. The average Bonchev–Trinajstić information content (AvgIpc) is 3.57. The summed E-state index contributed by atoms with van der Waals surface area (Å²) in [5, 5.41) is 46.3. The number of hydrogen-bond donors (Lipinski definition) is 5. The predicted octanol–water partition coefficient (Wildman–Crippen LogP) is 0.683. The van der Waals surface area contributed by atoms with E-state index in [1.807, 2.05) is 0 Å². The number of ether oxygens (including phenoxy) is 1. The topological polar surface area (TPSA) is 188 Å². The van der Waals surface area contributed by atoms with Crippen LogP contribution in [0.2, 0.25) is 0 Å². The normalized spacial score (nSPS) is 26.6. The molecule has 2 heterocycles. The van der Waals surface area contributed by atoms with Gasteiger partial charge in [-0.25, -0.2) is 4.39 Å². The number of hydrogen-bond acceptors (Lipinski definition) is 10. The smallest absolute Gasteiger partial charge is 0.303 e. The van der Waals surface area contributed by atoms with Gasteiger partial charge >= 0.3 is 11.9 Å². The predicted molar refractivity (Wildman–Crippen MR) is 153 cm³/mol. The summed E-state index contributed by atoms with van der Waals surface area (Å²) in [7, 11) is 0. The second kappa shape index (κ2) is 15.1. The Balaban J connectivity index is 0.000000488. The van der Waals surface area contributed by atoms with Crippen LogP contribution < -0.4 is 9.64 Å². The summed E-state index contributed by atoms with van der Waals surface area (Å²) in [6.07, 6.45) is 1.15. The molecule has 2 saturated heterocycles. The minimum atomic E-state index is -1.08. The van der Waals surface area contributed by atoms with Gasteiger partial charge in [-0.3, -0.25) is 29.0 Å². The lowest BCUT2D eigenvalue weighted by Gasteiger charge is -2.38. The van der Waals surface area contributed by atoms with E-state index in [1.165, 1.54) is 12.1 Å². The number of imide groups is 1. The van der Waals surface area contributed by atoms with Gasteiger partial charge in [0.2, 0.25) is 11.8 Å². The molecule has 13 nitrogen and oxygen atoms in total. The molecule has 0 radical (unpaired) electrons. The van der Waals surface area contributed by atoms with Gasteiger partial charge in [0.15, 0.2) is 0 Å². The molecule has 2 aliphatic heterocycles. The first kappa shape index (κ1) is 33.6. The van der Waals surface area contributed by atoms with E-state index in [2.05, 4.69) is 9.80 Å². The van der Waals surface area contributed by atoms with Gasteiger partial charge in [0.25, 0.3) is 0 Å². The number of benzene rings is 1. The summed E-state index contributed by atoms with van der Waals surface area (Å²) < 4.78 is 20.3. The van der Waals surface area contributed by atoms with Gasteiger partial charge in [-0.1, -0.05) is 0 Å². The van der Waals surface area contributed by atoms with Gasteiger partial charge < -0.3 is 35.2 Å². The molecule has 14 heteroatoms. The molecule has 0 aromatic heterocycles. The van der Waals surface area contributed by atoms with E-state index in [4.69, 9.17) is 14.9 Å². The molecule has 4 fully saturated rings. The third-order valence-corrected chi connectivity index (χ3v) is 8.73. The first-order valence-electron chi connectivity index (χ1n) is 15.2. The summed E-state index contributed by atoms with van der Waals surface area (Å²) in [4.78, 5) is 50.1. The highest BCUT2D eigenvalue weighted by Crippen LogP contribution is 2.38. The summed E-state index contributed by atoms with van der Waals surface area (Å²) >= 11 is 0. The number of carbonyl (C=O) groups is 4. The zero-order valence-electron chi connectivity index (χ0n) is 24.6. The molecule has 244 valence electrons. The van der Waals surface area contributed by atoms with Gasteiger partial charge in [0.05, 0.1) is 61.3 Å². The highest BCUT2D eigenvalue weighted by atomic mass is 19.1. The van der Waals surface area contributed by atoms with Crippen molar-refractivity contribution in [3.05, 3.63) is 24.0 Å². The van der Waals surface area contributed by atoms with Crippen LogP contribution in [0.3, 0.4) is 0 Å². The number of piperazine rings is 1. The highest BCUT2D eigenvalue weighted by Gasteiger charge is 2.52. The number of likely N-dealkylation sites (tertiary alicyclic amines) is 1. The van der Waals surface area contributed by atoms with Crippen LogP contribution in [0.15, 0.2) is 18.2 Å². The molecule has 2 amide bonds. The van der Waals surface area contributed by atoms with Crippen LogP contribution in [0.1, 0.15) is 51.4 Å². The minimum absolute atomic E-state index is 0.0670. The Bertz CT molecular complexity index is 1150. The molecule has 2 saturated carbocycles. The molecule has 1 aromatic rings. The Kier molecular flexibility index (Phi) is 11.5. The Labute approximate surface area is 254 Å². The van der Waals surface area contributed by atoms with Crippen LogP contribution in [0, 0.1) is 17.7 Å². The lowest BCUT2D eigenvalue weighted by molar-refractivity contribution is -0.143. The maximum absolute atomic E-state index is 14.1. The molecular formula is C30H42FN3O10. The van der Waals surface area contributed by atoms with Crippen molar-refractivity contribution in [3.63, 3.8) is 0 Å². The van der Waals surface area contributed by atoms with E-state index in [-0.39, 0.29) is 56.0 Å². The van der Waals surface area contributed by atoms with E-state index in [1.54, 1.807) is 6.07 Å². The second-order valence-electron chi connectivity index (χ2n) is 12.0. The number of β-amino-alcohol motifs (C(OH)–C–C–N with tert-alkyl or cyclic N) is 1. The Hall–Kier alpha value is -3.33. The van der Waals surface area contributed by atoms with Gasteiger partial charge in [-0.05, 0) is 50.7 Å². The number of halogens is 1. The van der Waals surface area contributed by atoms with Gasteiger partial charge in [-0.15, -0.1) is 0 Å². The fourth-order valence-electron chi connectivity index (χ4n) is 6.37. The number of nitrogens with zero attached hydrogens (tertiary/aromatic N) is 3. The zero-order chi connectivity index (χ0) is 32.0. The number of carboxylic acids is 2. The van der Waals surface area contributed by atoms with Crippen LogP contribution >= 0.6 is 0 Å². The lowest BCUT2D eigenvalue weighted by Crippen LogP contribution is -2.50. The standard InChI is InChI=1S/C26H36FN3O6.C4H6O4/c27-16-5-6-24(36-18-3-1-2-4-18)21(11-16)29-9-7-28(8-10-29)14-17(31)15-30-25(34)19-12-22(32)23(33)13-20(19)26(30)35;5-3(6)1-2-4(7)8/h5-6,11,17-20,22-23,31-33H,1-4,7-10,12-15H2;1-2H2,(H,5,6)(H,7,8). The van der Waals surface area contributed by atoms with E-state index in [0.717, 1.165) is 36.3 Å². The van der Waals surface area contributed by atoms with E-state index in [9.17, 15) is 38.9 Å². The minimum Gasteiger partial charge on any atom is -0.488 e. The molecule has 0 spiro atoms. The molecule has 2 aliphatic carbocycles. The van der Waals surface area contributed by atoms with Crippen molar-refractivity contribution < 1.29 is 53.8 Å². The van der Waals surface area contributed by atoms with Crippen LogP contribution in [0.5, 0.6) is 5.75 Å². The molecule has 4 aliphatic rings. The number of carboxylic acid groups (broad SMARTS) is 2. The fourth-order valence-corrected chi connectivity index (χ4v) is 6.37. The zero-order valence-corrected chi connectivity index (χ0v) is 24.6. The van der Waals surface area contributed by atoms with Gasteiger partial charge in [-0.2, -0.15) is 0 Å². The quantitative estimate of drug-likeness (QED) is 0.230. The Morgan fingerprint density at radius 3 is 1.95 bits per heavy atom. The van der Waals surface area contributed by atoms with E-state index >= 15 is 0 Å². The van der Waals surface area contributed by atoms with E-state index < -0.39 is 42.1 Å². The molecule has 44 heavy (non-hydrogen) atoms. The molecule has 5 N–H and O–H groups in total. The van der Waals surface area contributed by atoms with Crippen LogP contribution in [-0.4, -0.2) is 123 Å². The van der Waals surface area contributed by atoms with Crippen molar-refractivity contribution in [2.45, 2.75) is 75.8 Å². The second-order valence-corrected chi connectivity index (χ2v) is 12.0. The number of anilines is 1. The van der Waals surface area contributed by atoms with Crippen molar-refractivity contribution >= 4 is 29.4 Å². The van der Waals surface area contributed by atoms with Crippen molar-refractivity contribution in [3.8, 4) is 5.75 Å². The molecule has 1 aromatic carbocycles. The molecule has 0 bridgehead atoms. The number of aliphatic carboxylic acids is 2. The summed E-state index contributed by atoms with van der Waals surface area (Å²) in [5.74, 6) is -3.75. The third-order valence-electron chi connectivity index (χ3n) is 8.73. The summed E-state index contributed by atoms with van der Waals surface area (Å²) in [5.41, 5.74) is 0.752. The summed E-state index contributed by atoms with van der Waals surface area (Å²) in [6, 6.07) is 4.66. The number of aliphatic hydroxyl groups is 3. The Morgan fingerprint density at radius 2 is 1.43 bits per heavy atom. The maximum Gasteiger partial charge on any atom is 0.303 e. The van der Waals surface area contributed by atoms with Crippen LogP contribution in [0.25, 0.3) is 0 Å². The van der Waals surface area contributed by atoms with Crippen LogP contribution in [0.4, 0.5) is 10.1 Å². The summed E-state index contributed by atoms with van der Waals surface area (Å²) in [6.45, 7) is 2.77. The average molecular weight is 624 g/mol. The molecule has 5 atom stereocenters. The van der Waals surface area contributed by atoms with Crippen molar-refractivity contribution in [2.75, 3.05) is 44.2 Å².